The summed E-state index contributed by atoms with van der Waals surface area (Å²) in [6.45, 7) is 6.70. The quantitative estimate of drug-likeness (QED) is 0.0262. The standard InChI is InChI=1S/C62H118O6/c1-4-7-10-13-16-19-22-25-28-30-32-34-37-40-43-46-49-52-55-61(64)67-58-59(57-66-60(63)54-51-48-45-42-39-36-27-24-21-18-15-12-9-6-3)68-62(65)56-53-50-47-44-41-38-35-33-31-29-26-23-20-17-14-11-8-5-2/h32,34,59H,4-31,33,35-58H2,1-3H3/b34-32-. The van der Waals surface area contributed by atoms with E-state index in [1.165, 1.54) is 244 Å². The first-order valence-electron chi connectivity index (χ1n) is 30.7. The van der Waals surface area contributed by atoms with Crippen LogP contribution in [-0.2, 0) is 28.6 Å². The first-order valence-corrected chi connectivity index (χ1v) is 30.7. The molecule has 0 N–H and O–H groups in total. The minimum Gasteiger partial charge on any atom is -0.462 e. The van der Waals surface area contributed by atoms with Crippen molar-refractivity contribution in [3.8, 4) is 0 Å². The second-order valence-corrected chi connectivity index (χ2v) is 21.0. The topological polar surface area (TPSA) is 78.9 Å². The van der Waals surface area contributed by atoms with Gasteiger partial charge in [0.05, 0.1) is 0 Å². The van der Waals surface area contributed by atoms with Crippen molar-refractivity contribution in [2.75, 3.05) is 13.2 Å². The molecule has 0 aromatic rings. The molecule has 0 spiro atoms. The van der Waals surface area contributed by atoms with Crippen LogP contribution in [0.15, 0.2) is 12.2 Å². The van der Waals surface area contributed by atoms with Crippen molar-refractivity contribution >= 4 is 17.9 Å². The number of hydrogen-bond acceptors (Lipinski definition) is 6. The summed E-state index contributed by atoms with van der Waals surface area (Å²) in [6.07, 6.45) is 66.3. The fourth-order valence-electron chi connectivity index (χ4n) is 9.38. The molecular weight excluding hydrogens is 841 g/mol. The Hall–Kier alpha value is -1.85. The monoisotopic (exact) mass is 959 g/mol. The van der Waals surface area contributed by atoms with Crippen molar-refractivity contribution in [2.45, 2.75) is 354 Å². The number of carbonyl (C=O) groups is 3. The Morgan fingerprint density at radius 2 is 0.485 bits per heavy atom. The average molecular weight is 960 g/mol. The van der Waals surface area contributed by atoms with Crippen LogP contribution < -0.4 is 0 Å². The molecule has 0 aromatic heterocycles. The van der Waals surface area contributed by atoms with Crippen LogP contribution in [0.3, 0.4) is 0 Å². The van der Waals surface area contributed by atoms with Crippen LogP contribution in [0.5, 0.6) is 0 Å². The van der Waals surface area contributed by atoms with Crippen molar-refractivity contribution < 1.29 is 28.6 Å². The van der Waals surface area contributed by atoms with Crippen molar-refractivity contribution in [1.29, 1.82) is 0 Å². The summed E-state index contributed by atoms with van der Waals surface area (Å²) >= 11 is 0. The maximum absolute atomic E-state index is 12.9. The van der Waals surface area contributed by atoms with Crippen LogP contribution in [0.4, 0.5) is 0 Å². The maximum Gasteiger partial charge on any atom is 0.306 e. The van der Waals surface area contributed by atoms with Crippen LogP contribution in [0.1, 0.15) is 348 Å². The molecule has 68 heavy (non-hydrogen) atoms. The molecule has 1 unspecified atom stereocenters. The molecule has 0 aliphatic rings. The van der Waals surface area contributed by atoms with Gasteiger partial charge in [0, 0.05) is 19.3 Å². The van der Waals surface area contributed by atoms with Gasteiger partial charge in [-0.1, -0.05) is 296 Å². The third kappa shape index (κ3) is 55.1. The number of unbranched alkanes of at least 4 members (excludes halogenated alkanes) is 44. The minimum absolute atomic E-state index is 0.0662. The lowest BCUT2D eigenvalue weighted by molar-refractivity contribution is -0.167. The van der Waals surface area contributed by atoms with E-state index in [1.54, 1.807) is 0 Å². The Kier molecular flexibility index (Phi) is 56.2. The zero-order valence-corrected chi connectivity index (χ0v) is 46.2. The highest BCUT2D eigenvalue weighted by molar-refractivity contribution is 5.71. The van der Waals surface area contributed by atoms with Gasteiger partial charge in [-0.3, -0.25) is 14.4 Å². The highest BCUT2D eigenvalue weighted by atomic mass is 16.6. The van der Waals surface area contributed by atoms with Gasteiger partial charge in [0.15, 0.2) is 6.10 Å². The highest BCUT2D eigenvalue weighted by Crippen LogP contribution is 2.18. The zero-order chi connectivity index (χ0) is 49.3. The Morgan fingerprint density at radius 3 is 0.735 bits per heavy atom. The summed E-state index contributed by atoms with van der Waals surface area (Å²) in [5.41, 5.74) is 0. The number of carbonyl (C=O) groups excluding carboxylic acids is 3. The summed E-state index contributed by atoms with van der Waals surface area (Å²) < 4.78 is 16.9. The molecule has 0 fully saturated rings. The Labute approximate surface area is 424 Å². The van der Waals surface area contributed by atoms with Crippen molar-refractivity contribution in [3.05, 3.63) is 12.2 Å². The predicted octanol–water partition coefficient (Wildman–Crippen LogP) is 20.5. The molecule has 1 atom stereocenters. The Balaban J connectivity index is 4.31. The van der Waals surface area contributed by atoms with Gasteiger partial charge < -0.3 is 14.2 Å². The largest absolute Gasteiger partial charge is 0.462 e. The van der Waals surface area contributed by atoms with Crippen LogP contribution in [0.25, 0.3) is 0 Å². The molecule has 6 nitrogen and oxygen atoms in total. The predicted molar refractivity (Wildman–Crippen MR) is 293 cm³/mol. The van der Waals surface area contributed by atoms with E-state index in [9.17, 15) is 14.4 Å². The number of allylic oxidation sites excluding steroid dienone is 2. The number of esters is 3. The Morgan fingerprint density at radius 1 is 0.279 bits per heavy atom. The van der Waals surface area contributed by atoms with Crippen molar-refractivity contribution in [3.63, 3.8) is 0 Å². The fraction of sp³-hybridized carbons (Fsp3) is 0.919. The van der Waals surface area contributed by atoms with Gasteiger partial charge in [0.1, 0.15) is 13.2 Å². The molecule has 6 heteroatoms. The molecule has 0 aliphatic heterocycles. The molecule has 402 valence electrons. The first kappa shape index (κ1) is 66.2. The summed E-state index contributed by atoms with van der Waals surface area (Å²) in [4.78, 5) is 38.2. The summed E-state index contributed by atoms with van der Waals surface area (Å²) in [7, 11) is 0. The molecular formula is C62H118O6. The van der Waals surface area contributed by atoms with E-state index in [1.807, 2.05) is 0 Å². The van der Waals surface area contributed by atoms with Gasteiger partial charge >= 0.3 is 17.9 Å². The maximum atomic E-state index is 12.9. The van der Waals surface area contributed by atoms with Crippen molar-refractivity contribution in [1.82, 2.24) is 0 Å². The molecule has 0 saturated carbocycles. The lowest BCUT2D eigenvalue weighted by Gasteiger charge is -2.18. The van der Waals surface area contributed by atoms with Crippen molar-refractivity contribution in [2.24, 2.45) is 0 Å². The van der Waals surface area contributed by atoms with E-state index in [-0.39, 0.29) is 31.1 Å². The van der Waals surface area contributed by atoms with Gasteiger partial charge in [-0.25, -0.2) is 0 Å². The van der Waals surface area contributed by atoms with Gasteiger partial charge in [-0.05, 0) is 44.9 Å². The zero-order valence-electron chi connectivity index (χ0n) is 46.2. The van der Waals surface area contributed by atoms with E-state index in [2.05, 4.69) is 32.9 Å². The van der Waals surface area contributed by atoms with Gasteiger partial charge in [0.25, 0.3) is 0 Å². The van der Waals surface area contributed by atoms with Crippen LogP contribution in [-0.4, -0.2) is 37.2 Å². The lowest BCUT2D eigenvalue weighted by Crippen LogP contribution is -2.30. The molecule has 0 aromatic carbocycles. The van der Waals surface area contributed by atoms with E-state index in [0.29, 0.717) is 19.3 Å². The molecule has 0 aliphatic carbocycles. The van der Waals surface area contributed by atoms with E-state index in [4.69, 9.17) is 14.2 Å². The van der Waals surface area contributed by atoms with Crippen LogP contribution in [0, 0.1) is 0 Å². The highest BCUT2D eigenvalue weighted by Gasteiger charge is 2.19. The molecule has 0 saturated heterocycles. The Bertz CT molecular complexity index is 1060. The third-order valence-electron chi connectivity index (χ3n) is 14.0. The summed E-state index contributed by atoms with van der Waals surface area (Å²) in [5.74, 6) is -0.847. The average Bonchev–Trinajstić information content (AvgIpc) is 3.34. The normalized spacial score (nSPS) is 12.0. The second kappa shape index (κ2) is 57.7. The van der Waals surface area contributed by atoms with Crippen LogP contribution in [0.2, 0.25) is 0 Å². The van der Waals surface area contributed by atoms with Crippen LogP contribution >= 0.6 is 0 Å². The first-order chi connectivity index (χ1) is 33.5. The minimum atomic E-state index is -0.768. The molecule has 0 amide bonds. The molecule has 0 heterocycles. The molecule has 0 radical (unpaired) electrons. The SMILES string of the molecule is CCCCCCCCCCC/C=C\CCCCCCCC(=O)OCC(COC(=O)CCCCCCCCCCCCCCCC)OC(=O)CCCCCCCCCCCCCCCCCCCC. The second-order valence-electron chi connectivity index (χ2n) is 21.0. The van der Waals surface area contributed by atoms with Gasteiger partial charge in [-0.15, -0.1) is 0 Å². The smallest absolute Gasteiger partial charge is 0.306 e. The molecule has 0 bridgehead atoms. The molecule has 0 rings (SSSR count). The number of rotatable bonds is 57. The summed E-state index contributed by atoms with van der Waals surface area (Å²) in [5, 5.41) is 0. The van der Waals surface area contributed by atoms with E-state index in [0.717, 1.165) is 64.2 Å². The van der Waals surface area contributed by atoms with E-state index < -0.39 is 6.10 Å². The van der Waals surface area contributed by atoms with Gasteiger partial charge in [0.2, 0.25) is 0 Å². The number of ether oxygens (including phenoxy) is 3. The fourth-order valence-corrected chi connectivity index (χ4v) is 9.38. The van der Waals surface area contributed by atoms with Gasteiger partial charge in [-0.2, -0.15) is 0 Å². The summed E-state index contributed by atoms with van der Waals surface area (Å²) in [6, 6.07) is 0. The number of hydrogen-bond donors (Lipinski definition) is 0. The lowest BCUT2D eigenvalue weighted by atomic mass is 10.0. The third-order valence-corrected chi connectivity index (χ3v) is 14.0. The van der Waals surface area contributed by atoms with E-state index >= 15 is 0 Å².